The number of benzene rings is 1. The Morgan fingerprint density at radius 3 is 2.53 bits per heavy atom. The minimum Gasteiger partial charge on any atom is -0.353 e. The molecule has 2 aliphatic rings. The van der Waals surface area contributed by atoms with Crippen LogP contribution in [0.5, 0.6) is 0 Å². The Labute approximate surface area is 254 Å². The molecule has 0 amide bonds. The average molecular weight is 615 g/mol. The smallest absolute Gasteiger partial charge is 0.326 e. The van der Waals surface area contributed by atoms with Gasteiger partial charge in [-0.25, -0.2) is 4.98 Å². The van der Waals surface area contributed by atoms with Gasteiger partial charge in [-0.05, 0) is 57.5 Å². The minimum absolute atomic E-state index is 0.114. The van der Waals surface area contributed by atoms with E-state index in [0.717, 1.165) is 93.7 Å². The normalized spacial score (nSPS) is 17.1. The number of rotatable bonds is 16. The van der Waals surface area contributed by atoms with E-state index in [2.05, 4.69) is 36.1 Å². The van der Waals surface area contributed by atoms with Gasteiger partial charge in [0.2, 0.25) is 5.95 Å². The van der Waals surface area contributed by atoms with E-state index in [4.69, 9.17) is 9.97 Å². The third kappa shape index (κ3) is 10.2. The zero-order valence-corrected chi connectivity index (χ0v) is 26.0. The number of hydrogen-bond donors (Lipinski definition) is 5. The van der Waals surface area contributed by atoms with Crippen LogP contribution in [0.15, 0.2) is 30.5 Å². The van der Waals surface area contributed by atoms with Crippen molar-refractivity contribution in [2.75, 3.05) is 68.7 Å². The molecule has 3 aromatic rings. The van der Waals surface area contributed by atoms with Gasteiger partial charge in [0, 0.05) is 50.7 Å². The Balaban J connectivity index is 1.05. The zero-order chi connectivity index (χ0) is 29.9. The predicted molar refractivity (Wildman–Crippen MR) is 169 cm³/mol. The van der Waals surface area contributed by atoms with Gasteiger partial charge < -0.3 is 30.6 Å². The molecule has 3 heterocycles. The molecule has 14 heteroatoms. The first kappa shape index (κ1) is 31.7. The van der Waals surface area contributed by atoms with Gasteiger partial charge in [-0.1, -0.05) is 36.6 Å². The van der Waals surface area contributed by atoms with Crippen LogP contribution in [-0.4, -0.2) is 104 Å². The van der Waals surface area contributed by atoms with Crippen molar-refractivity contribution in [1.29, 1.82) is 0 Å². The van der Waals surface area contributed by atoms with Gasteiger partial charge in [0.1, 0.15) is 11.5 Å². The number of piperazine rings is 1. The first-order chi connectivity index (χ1) is 20.9. The van der Waals surface area contributed by atoms with Crippen LogP contribution in [0, 0.1) is 0 Å². The van der Waals surface area contributed by atoms with E-state index in [1.807, 2.05) is 35.1 Å². The van der Waals surface area contributed by atoms with E-state index in [9.17, 15) is 14.4 Å². The second kappa shape index (κ2) is 15.9. The summed E-state index contributed by atoms with van der Waals surface area (Å²) in [6.07, 6.45) is 10.8. The molecule has 0 radical (unpaired) electrons. The number of nitrogens with one attached hydrogen (secondary N) is 3. The van der Waals surface area contributed by atoms with Gasteiger partial charge in [0.25, 0.3) is 0 Å². The van der Waals surface area contributed by atoms with Gasteiger partial charge in [-0.15, -0.1) is 5.10 Å². The van der Waals surface area contributed by atoms with E-state index in [-0.39, 0.29) is 6.16 Å². The molecule has 1 aliphatic carbocycles. The lowest BCUT2D eigenvalue weighted by Gasteiger charge is -2.35. The van der Waals surface area contributed by atoms with Crippen molar-refractivity contribution in [3.8, 4) is 0 Å². The van der Waals surface area contributed by atoms with Crippen LogP contribution in [0.2, 0.25) is 0 Å². The Kier molecular flexibility index (Phi) is 11.7. The summed E-state index contributed by atoms with van der Waals surface area (Å²) in [6.45, 7) is 7.66. The summed E-state index contributed by atoms with van der Waals surface area (Å²) in [6, 6.07) is 8.71. The summed E-state index contributed by atoms with van der Waals surface area (Å²) in [4.78, 5) is 32.3. The fourth-order valence-electron chi connectivity index (χ4n) is 5.85. The lowest BCUT2D eigenvalue weighted by Crippen LogP contribution is -2.47. The first-order valence-electron chi connectivity index (χ1n) is 15.8. The molecular formula is C29H47N10O3P. The number of hydrogen-bond acceptors (Lipinski definition) is 10. The lowest BCUT2D eigenvalue weighted by atomic mass is 9.95. The van der Waals surface area contributed by atoms with Crippen LogP contribution in [-0.2, 0) is 17.7 Å². The maximum absolute atomic E-state index is 11.3. The molecule has 1 saturated carbocycles. The molecule has 5 N–H and O–H groups in total. The third-order valence-corrected chi connectivity index (χ3v) is 9.07. The molecule has 43 heavy (non-hydrogen) atoms. The summed E-state index contributed by atoms with van der Waals surface area (Å²) in [5.74, 6) is 1.40. The second-order valence-corrected chi connectivity index (χ2v) is 13.5. The number of para-hydroxylation sites is 1. The predicted octanol–water partition coefficient (Wildman–Crippen LogP) is 2.43. The lowest BCUT2D eigenvalue weighted by molar-refractivity contribution is 0.264. The highest BCUT2D eigenvalue weighted by atomic mass is 31.2. The molecule has 2 aromatic heterocycles. The first-order valence-corrected chi connectivity index (χ1v) is 17.6. The molecule has 1 aromatic carbocycles. The monoisotopic (exact) mass is 614 g/mol. The third-order valence-electron chi connectivity index (χ3n) is 8.29. The summed E-state index contributed by atoms with van der Waals surface area (Å²) >= 11 is 0. The SMILES string of the molecule is O=P(O)(O)CCN1CCN(c2nc(NCc3cn(CCCNCCCNC4CCCCC4)nn3)nc3ccccc23)CC1. The molecule has 2 fully saturated rings. The highest BCUT2D eigenvalue weighted by molar-refractivity contribution is 7.51. The summed E-state index contributed by atoms with van der Waals surface area (Å²) in [5, 5.41) is 20.2. The molecule has 0 atom stereocenters. The van der Waals surface area contributed by atoms with Crippen molar-refractivity contribution >= 4 is 30.3 Å². The van der Waals surface area contributed by atoms with Gasteiger partial charge >= 0.3 is 7.60 Å². The van der Waals surface area contributed by atoms with E-state index in [1.165, 1.54) is 32.1 Å². The van der Waals surface area contributed by atoms with Crippen LogP contribution in [0.1, 0.15) is 50.6 Å². The van der Waals surface area contributed by atoms with Crippen LogP contribution >= 0.6 is 7.60 Å². The molecule has 0 unspecified atom stereocenters. The highest BCUT2D eigenvalue weighted by Crippen LogP contribution is 2.34. The van der Waals surface area contributed by atoms with Crippen LogP contribution in [0.25, 0.3) is 10.9 Å². The summed E-state index contributed by atoms with van der Waals surface area (Å²) in [5.41, 5.74) is 1.69. The minimum atomic E-state index is -3.99. The van der Waals surface area contributed by atoms with Crippen molar-refractivity contribution in [2.24, 2.45) is 0 Å². The maximum atomic E-state index is 11.3. The van der Waals surface area contributed by atoms with Crippen LogP contribution in [0.3, 0.4) is 0 Å². The summed E-state index contributed by atoms with van der Waals surface area (Å²) in [7, 11) is -3.99. The van der Waals surface area contributed by atoms with Crippen molar-refractivity contribution in [3.63, 3.8) is 0 Å². The number of aryl methyl sites for hydroxylation is 1. The number of aromatic nitrogens is 5. The standard InChI is InChI=1S/C29H47N10O3P/c40-43(41,42)21-20-37-16-18-38(19-17-37)28-26-10-4-5-11-27(26)33-29(34-28)32-22-25-23-39(36-35-25)15-7-13-30-12-6-14-31-24-8-2-1-3-9-24/h4-5,10-11,23-24,30-31H,1-3,6-9,12-22H2,(H,32,33,34)(H2,40,41,42). The quantitative estimate of drug-likeness (QED) is 0.119. The average Bonchev–Trinajstić information content (AvgIpc) is 3.48. The van der Waals surface area contributed by atoms with Gasteiger partial charge in [-0.3, -0.25) is 14.1 Å². The van der Waals surface area contributed by atoms with E-state index in [0.29, 0.717) is 19.0 Å². The number of anilines is 2. The molecule has 236 valence electrons. The largest absolute Gasteiger partial charge is 0.353 e. The van der Waals surface area contributed by atoms with Crippen molar-refractivity contribution in [1.82, 2.24) is 40.5 Å². The Morgan fingerprint density at radius 1 is 0.930 bits per heavy atom. The number of fused-ring (bicyclic) bond motifs is 1. The molecule has 0 bridgehead atoms. The molecule has 5 rings (SSSR count). The second-order valence-electron chi connectivity index (χ2n) is 11.7. The zero-order valence-electron chi connectivity index (χ0n) is 25.1. The molecule has 13 nitrogen and oxygen atoms in total. The van der Waals surface area contributed by atoms with E-state index < -0.39 is 7.60 Å². The summed E-state index contributed by atoms with van der Waals surface area (Å²) < 4.78 is 13.2. The molecule has 1 aliphatic heterocycles. The Morgan fingerprint density at radius 2 is 1.72 bits per heavy atom. The maximum Gasteiger partial charge on any atom is 0.326 e. The van der Waals surface area contributed by atoms with Gasteiger partial charge in [0.15, 0.2) is 0 Å². The van der Waals surface area contributed by atoms with Gasteiger partial charge in [-0.2, -0.15) is 4.98 Å². The van der Waals surface area contributed by atoms with Crippen LogP contribution < -0.4 is 20.9 Å². The molecule has 1 saturated heterocycles. The molecular weight excluding hydrogens is 567 g/mol. The number of nitrogens with zero attached hydrogens (tertiary/aromatic N) is 7. The topological polar surface area (TPSA) is 157 Å². The molecule has 0 spiro atoms. The Bertz CT molecular complexity index is 1320. The van der Waals surface area contributed by atoms with Crippen molar-refractivity contribution in [2.45, 2.75) is 64.1 Å². The highest BCUT2D eigenvalue weighted by Gasteiger charge is 2.23. The van der Waals surface area contributed by atoms with Crippen molar-refractivity contribution in [3.05, 3.63) is 36.2 Å². The van der Waals surface area contributed by atoms with Gasteiger partial charge in [0.05, 0.1) is 24.4 Å². The fraction of sp³-hybridized carbons (Fsp3) is 0.655. The van der Waals surface area contributed by atoms with Crippen molar-refractivity contribution < 1.29 is 14.4 Å². The van der Waals surface area contributed by atoms with E-state index >= 15 is 0 Å². The Hall–Kier alpha value is -2.67. The van der Waals surface area contributed by atoms with E-state index in [1.54, 1.807) is 0 Å². The fourth-order valence-corrected chi connectivity index (χ4v) is 6.39. The van der Waals surface area contributed by atoms with Crippen LogP contribution in [0.4, 0.5) is 11.8 Å².